The molecule has 0 amide bonds. The Labute approximate surface area is 322 Å². The molecule has 11 rings (SSSR count). The van der Waals surface area contributed by atoms with Gasteiger partial charge < -0.3 is 9.32 Å². The number of fused-ring (bicyclic) bond motifs is 8. The highest BCUT2D eigenvalue weighted by molar-refractivity contribution is 6.12. The first kappa shape index (κ1) is 32.3. The van der Waals surface area contributed by atoms with Gasteiger partial charge in [-0.1, -0.05) is 148 Å². The fraction of sp³-hybridized carbons (Fsp3) is 0.170. The maximum Gasteiger partial charge on any atom is 0.137 e. The quantitative estimate of drug-likeness (QED) is 0.177. The number of benzene rings is 8. The van der Waals surface area contributed by atoms with E-state index in [1.807, 2.05) is 0 Å². The van der Waals surface area contributed by atoms with Gasteiger partial charge in [-0.05, 0) is 110 Å². The molecular formula is C53H43NO. The standard InChI is InChI=1S/C53H43NO/c1-53(2)47-22-11-10-20-42(47)43-28-25-38(32-48(43)53)54(39-26-29-45-44-27-23-37(34-13-4-3-5-14-34)31-50(44)55-51(45)33-39)49-30-24-36-16-7-9-19-41(36)52(49)46-21-12-17-35-15-6-8-18-40(35)46/h6-12,15-34H,3-5,13-14H2,1-2H3. The molecule has 2 aliphatic carbocycles. The highest BCUT2D eigenvalue weighted by Gasteiger charge is 2.36. The third-order valence-corrected chi connectivity index (χ3v) is 12.8. The summed E-state index contributed by atoms with van der Waals surface area (Å²) in [5.41, 5.74) is 14.4. The summed E-state index contributed by atoms with van der Waals surface area (Å²) < 4.78 is 6.81. The maximum absolute atomic E-state index is 6.81. The van der Waals surface area contributed by atoms with E-state index in [-0.39, 0.29) is 5.41 Å². The summed E-state index contributed by atoms with van der Waals surface area (Å²) in [6.07, 6.45) is 6.56. The van der Waals surface area contributed by atoms with Crippen molar-refractivity contribution in [3.63, 3.8) is 0 Å². The molecule has 0 radical (unpaired) electrons. The zero-order valence-electron chi connectivity index (χ0n) is 31.5. The smallest absolute Gasteiger partial charge is 0.137 e. The third kappa shape index (κ3) is 5.08. The van der Waals surface area contributed by atoms with E-state index in [0.29, 0.717) is 5.92 Å². The summed E-state index contributed by atoms with van der Waals surface area (Å²) in [5, 5.41) is 7.28. The second kappa shape index (κ2) is 12.5. The summed E-state index contributed by atoms with van der Waals surface area (Å²) in [7, 11) is 0. The molecule has 0 bridgehead atoms. The van der Waals surface area contributed by atoms with Crippen LogP contribution in [0, 0.1) is 0 Å². The van der Waals surface area contributed by atoms with Crippen LogP contribution in [0.25, 0.3) is 65.7 Å². The number of anilines is 3. The molecule has 266 valence electrons. The van der Waals surface area contributed by atoms with Crippen LogP contribution in [0.1, 0.15) is 68.6 Å². The van der Waals surface area contributed by atoms with Gasteiger partial charge in [0.15, 0.2) is 0 Å². The molecule has 9 aromatic rings. The molecule has 0 N–H and O–H groups in total. The predicted molar refractivity (Wildman–Crippen MR) is 232 cm³/mol. The van der Waals surface area contributed by atoms with Gasteiger partial charge in [0.25, 0.3) is 0 Å². The Morgan fingerprint density at radius 1 is 0.491 bits per heavy atom. The van der Waals surface area contributed by atoms with Crippen molar-refractivity contribution < 1.29 is 4.42 Å². The molecule has 2 nitrogen and oxygen atoms in total. The number of furan rings is 1. The lowest BCUT2D eigenvalue weighted by Gasteiger charge is -2.30. The van der Waals surface area contributed by atoms with Gasteiger partial charge in [0.2, 0.25) is 0 Å². The van der Waals surface area contributed by atoms with Crippen molar-refractivity contribution in [2.75, 3.05) is 4.90 Å². The summed E-state index contributed by atoms with van der Waals surface area (Å²) in [5.74, 6) is 0.632. The van der Waals surface area contributed by atoms with Crippen molar-refractivity contribution in [2.24, 2.45) is 0 Å². The van der Waals surface area contributed by atoms with Crippen LogP contribution in [0.2, 0.25) is 0 Å². The van der Waals surface area contributed by atoms with Crippen molar-refractivity contribution in [3.05, 3.63) is 174 Å². The first-order chi connectivity index (χ1) is 27.0. The van der Waals surface area contributed by atoms with Crippen molar-refractivity contribution in [1.29, 1.82) is 0 Å². The number of hydrogen-bond acceptors (Lipinski definition) is 2. The first-order valence-electron chi connectivity index (χ1n) is 20.0. The van der Waals surface area contributed by atoms with Gasteiger partial charge in [0.05, 0.1) is 5.69 Å². The Balaban J connectivity index is 1.16. The Morgan fingerprint density at radius 3 is 1.98 bits per heavy atom. The van der Waals surface area contributed by atoms with Crippen LogP contribution in [0.3, 0.4) is 0 Å². The third-order valence-electron chi connectivity index (χ3n) is 12.8. The van der Waals surface area contributed by atoms with E-state index in [1.54, 1.807) is 0 Å². The largest absolute Gasteiger partial charge is 0.456 e. The average molecular weight is 710 g/mol. The zero-order chi connectivity index (χ0) is 36.7. The fourth-order valence-electron chi connectivity index (χ4n) is 10.0. The van der Waals surface area contributed by atoms with E-state index in [4.69, 9.17) is 4.42 Å². The van der Waals surface area contributed by atoms with Crippen molar-refractivity contribution in [2.45, 2.75) is 57.3 Å². The van der Waals surface area contributed by atoms with E-state index in [9.17, 15) is 0 Å². The van der Waals surface area contributed by atoms with Crippen molar-refractivity contribution in [3.8, 4) is 22.3 Å². The minimum Gasteiger partial charge on any atom is -0.456 e. The van der Waals surface area contributed by atoms with Crippen molar-refractivity contribution in [1.82, 2.24) is 0 Å². The molecule has 1 aromatic heterocycles. The minimum atomic E-state index is -0.131. The summed E-state index contributed by atoms with van der Waals surface area (Å²) in [6.45, 7) is 4.73. The fourth-order valence-corrected chi connectivity index (χ4v) is 10.0. The SMILES string of the molecule is CC1(C)c2ccccc2-c2ccc(N(c3ccc4c(c3)oc3cc(C5CCCCC5)ccc34)c3ccc4ccccc4c3-c3cccc4ccccc34)cc21. The lowest BCUT2D eigenvalue weighted by atomic mass is 9.82. The number of rotatable bonds is 5. The Morgan fingerprint density at radius 2 is 1.13 bits per heavy atom. The second-order valence-corrected chi connectivity index (χ2v) is 16.3. The lowest BCUT2D eigenvalue weighted by molar-refractivity contribution is 0.443. The first-order valence-corrected chi connectivity index (χ1v) is 20.0. The molecule has 1 saturated carbocycles. The van der Waals surface area contributed by atoms with Crippen LogP contribution in [0.15, 0.2) is 162 Å². The van der Waals surface area contributed by atoms with E-state index >= 15 is 0 Å². The number of hydrogen-bond donors (Lipinski definition) is 0. The van der Waals surface area contributed by atoms with Crippen LogP contribution >= 0.6 is 0 Å². The van der Waals surface area contributed by atoms with E-state index < -0.39 is 0 Å². The van der Waals surface area contributed by atoms with Crippen LogP contribution in [-0.2, 0) is 5.41 Å². The summed E-state index contributed by atoms with van der Waals surface area (Å²) in [4.78, 5) is 2.48. The van der Waals surface area contributed by atoms with E-state index in [2.05, 4.69) is 176 Å². The van der Waals surface area contributed by atoms with Crippen LogP contribution in [0.4, 0.5) is 17.1 Å². The van der Waals surface area contributed by atoms with Gasteiger partial charge in [-0.15, -0.1) is 0 Å². The van der Waals surface area contributed by atoms with Crippen LogP contribution < -0.4 is 4.90 Å². The Hall–Kier alpha value is -6.12. The normalized spacial score (nSPS) is 15.2. The second-order valence-electron chi connectivity index (χ2n) is 16.3. The topological polar surface area (TPSA) is 16.4 Å². The molecule has 0 unspecified atom stereocenters. The number of nitrogens with zero attached hydrogens (tertiary/aromatic N) is 1. The van der Waals surface area contributed by atoms with Crippen LogP contribution in [-0.4, -0.2) is 0 Å². The molecule has 2 aliphatic rings. The Bertz CT molecular complexity index is 2950. The van der Waals surface area contributed by atoms with Gasteiger partial charge in [-0.2, -0.15) is 0 Å². The maximum atomic E-state index is 6.81. The predicted octanol–water partition coefficient (Wildman–Crippen LogP) is 15.4. The van der Waals surface area contributed by atoms with Gasteiger partial charge in [-0.3, -0.25) is 0 Å². The van der Waals surface area contributed by atoms with Crippen molar-refractivity contribution >= 4 is 60.5 Å². The molecule has 2 heteroatoms. The van der Waals surface area contributed by atoms with Gasteiger partial charge in [0, 0.05) is 39.2 Å². The molecule has 0 aliphatic heterocycles. The molecule has 55 heavy (non-hydrogen) atoms. The van der Waals surface area contributed by atoms with Gasteiger partial charge in [-0.25, -0.2) is 0 Å². The zero-order valence-corrected chi connectivity index (χ0v) is 31.5. The van der Waals surface area contributed by atoms with E-state index in [0.717, 1.165) is 33.6 Å². The van der Waals surface area contributed by atoms with Gasteiger partial charge >= 0.3 is 0 Å². The monoisotopic (exact) mass is 709 g/mol. The molecule has 0 atom stereocenters. The highest BCUT2D eigenvalue weighted by Crippen LogP contribution is 2.52. The molecule has 0 spiro atoms. The molecule has 1 heterocycles. The summed E-state index contributed by atoms with van der Waals surface area (Å²) in [6, 6.07) is 58.7. The van der Waals surface area contributed by atoms with E-state index in [1.165, 1.54) is 98.0 Å². The lowest BCUT2D eigenvalue weighted by Crippen LogP contribution is -2.17. The molecular weight excluding hydrogens is 667 g/mol. The Kier molecular flexibility index (Phi) is 7.33. The molecule has 1 fully saturated rings. The molecule has 0 saturated heterocycles. The van der Waals surface area contributed by atoms with Gasteiger partial charge in [0.1, 0.15) is 11.2 Å². The van der Waals surface area contributed by atoms with Crippen LogP contribution in [0.5, 0.6) is 0 Å². The minimum absolute atomic E-state index is 0.131. The highest BCUT2D eigenvalue weighted by atomic mass is 16.3. The summed E-state index contributed by atoms with van der Waals surface area (Å²) >= 11 is 0. The average Bonchev–Trinajstić information content (AvgIpc) is 3.71. The molecule has 8 aromatic carbocycles.